The summed E-state index contributed by atoms with van der Waals surface area (Å²) in [6, 6.07) is 38.1. The molecule has 0 saturated heterocycles. The Bertz CT molecular complexity index is 1110. The molecule has 4 rings (SSSR count). The topological polar surface area (TPSA) is 3.24 Å². The number of allylic oxidation sites excluding steroid dienone is 2. The van der Waals surface area contributed by atoms with Gasteiger partial charge in [-0.1, -0.05) is 103 Å². The number of anilines is 3. The van der Waals surface area contributed by atoms with Crippen molar-refractivity contribution in [2.24, 2.45) is 0 Å². The molecular formula is C29H25N. The van der Waals surface area contributed by atoms with Crippen molar-refractivity contribution in [2.45, 2.75) is 6.92 Å². The molecule has 0 spiro atoms. The third kappa shape index (κ3) is 4.95. The van der Waals surface area contributed by atoms with Crippen molar-refractivity contribution in [3.05, 3.63) is 138 Å². The first-order valence-corrected chi connectivity index (χ1v) is 10.2. The highest BCUT2D eigenvalue weighted by atomic mass is 15.1. The van der Waals surface area contributed by atoms with E-state index >= 15 is 0 Å². The summed E-state index contributed by atoms with van der Waals surface area (Å²) in [6.45, 7) is 2.12. The van der Waals surface area contributed by atoms with Crippen LogP contribution in [0.25, 0.3) is 12.2 Å². The zero-order valence-electron chi connectivity index (χ0n) is 17.1. The van der Waals surface area contributed by atoms with E-state index in [1.54, 1.807) is 0 Å². The molecule has 0 saturated carbocycles. The minimum atomic E-state index is 1.14. The van der Waals surface area contributed by atoms with Crippen molar-refractivity contribution in [2.75, 3.05) is 4.90 Å². The van der Waals surface area contributed by atoms with E-state index < -0.39 is 0 Å². The van der Waals surface area contributed by atoms with E-state index in [2.05, 4.69) is 133 Å². The second-order valence-electron chi connectivity index (χ2n) is 7.23. The van der Waals surface area contributed by atoms with Crippen LogP contribution in [-0.4, -0.2) is 0 Å². The first-order chi connectivity index (χ1) is 14.8. The monoisotopic (exact) mass is 387 g/mol. The molecule has 1 heteroatoms. The molecule has 0 atom stereocenters. The zero-order valence-corrected chi connectivity index (χ0v) is 17.1. The molecule has 0 aliphatic heterocycles. The van der Waals surface area contributed by atoms with Crippen LogP contribution in [0.5, 0.6) is 0 Å². The zero-order chi connectivity index (χ0) is 20.6. The van der Waals surface area contributed by atoms with E-state index in [-0.39, 0.29) is 0 Å². The molecule has 1 nitrogen and oxygen atoms in total. The highest BCUT2D eigenvalue weighted by molar-refractivity contribution is 5.77. The lowest BCUT2D eigenvalue weighted by Gasteiger charge is -2.25. The fraction of sp³-hybridized carbons (Fsp3) is 0.0345. The van der Waals surface area contributed by atoms with Crippen molar-refractivity contribution in [1.82, 2.24) is 0 Å². The molecule has 0 N–H and O–H groups in total. The van der Waals surface area contributed by atoms with Gasteiger partial charge in [-0.05, 0) is 54.4 Å². The molecule has 0 aliphatic carbocycles. The lowest BCUT2D eigenvalue weighted by atomic mass is 10.1. The summed E-state index contributed by atoms with van der Waals surface area (Å²) in [5.74, 6) is 0. The minimum absolute atomic E-state index is 1.14. The molecule has 0 amide bonds. The van der Waals surface area contributed by atoms with Crippen molar-refractivity contribution in [3.63, 3.8) is 0 Å². The number of hydrogen-bond acceptors (Lipinski definition) is 1. The van der Waals surface area contributed by atoms with Gasteiger partial charge in [0.2, 0.25) is 0 Å². The van der Waals surface area contributed by atoms with Crippen LogP contribution in [0.2, 0.25) is 0 Å². The molecule has 0 unspecified atom stereocenters. The Labute approximate surface area is 179 Å². The quantitative estimate of drug-likeness (QED) is 0.301. The average molecular weight is 388 g/mol. The van der Waals surface area contributed by atoms with E-state index in [1.165, 1.54) is 16.7 Å². The molecule has 0 aromatic heterocycles. The maximum Gasteiger partial charge on any atom is 0.0462 e. The predicted molar refractivity (Wildman–Crippen MR) is 130 cm³/mol. The van der Waals surface area contributed by atoms with Crippen molar-refractivity contribution >= 4 is 29.2 Å². The third-order valence-electron chi connectivity index (χ3n) is 4.95. The first-order valence-electron chi connectivity index (χ1n) is 10.2. The number of nitrogens with zero attached hydrogens (tertiary/aromatic N) is 1. The Morgan fingerprint density at radius 1 is 0.467 bits per heavy atom. The smallest absolute Gasteiger partial charge is 0.0462 e. The van der Waals surface area contributed by atoms with Gasteiger partial charge in [-0.15, -0.1) is 0 Å². The second-order valence-corrected chi connectivity index (χ2v) is 7.23. The third-order valence-corrected chi connectivity index (χ3v) is 4.95. The second kappa shape index (κ2) is 9.58. The molecular weight excluding hydrogens is 362 g/mol. The van der Waals surface area contributed by atoms with Gasteiger partial charge < -0.3 is 4.90 Å². The summed E-state index contributed by atoms with van der Waals surface area (Å²) in [7, 11) is 0. The summed E-state index contributed by atoms with van der Waals surface area (Å²) in [5, 5.41) is 0. The summed E-state index contributed by atoms with van der Waals surface area (Å²) in [4.78, 5) is 2.28. The molecule has 4 aromatic carbocycles. The number of rotatable bonds is 6. The largest absolute Gasteiger partial charge is 0.311 e. The predicted octanol–water partition coefficient (Wildman–Crippen LogP) is 8.19. The van der Waals surface area contributed by atoms with Gasteiger partial charge in [-0.3, -0.25) is 0 Å². The molecule has 30 heavy (non-hydrogen) atoms. The first kappa shape index (κ1) is 19.5. The van der Waals surface area contributed by atoms with Crippen molar-refractivity contribution in [3.8, 4) is 0 Å². The average Bonchev–Trinajstić information content (AvgIpc) is 2.81. The van der Waals surface area contributed by atoms with E-state index in [1.807, 2.05) is 12.1 Å². The van der Waals surface area contributed by atoms with Gasteiger partial charge in [0, 0.05) is 17.1 Å². The summed E-state index contributed by atoms with van der Waals surface area (Å²) < 4.78 is 0. The highest BCUT2D eigenvalue weighted by Gasteiger charge is 2.11. The Morgan fingerprint density at radius 3 is 1.47 bits per heavy atom. The molecule has 4 aromatic rings. The van der Waals surface area contributed by atoms with E-state index in [4.69, 9.17) is 0 Å². The van der Waals surface area contributed by atoms with Crippen LogP contribution >= 0.6 is 0 Å². The lowest BCUT2D eigenvalue weighted by Crippen LogP contribution is -2.09. The summed E-state index contributed by atoms with van der Waals surface area (Å²) in [5.41, 5.74) is 7.08. The molecule has 0 bridgehead atoms. The molecule has 0 aliphatic rings. The SMILES string of the molecule is Cc1ccc(N(c2ccccc2)c2ccc(/C=C/C=C/c3ccccc3)cc2)cc1. The normalized spacial score (nSPS) is 11.2. The maximum absolute atomic E-state index is 2.28. The Kier molecular flexibility index (Phi) is 6.22. The van der Waals surface area contributed by atoms with Gasteiger partial charge in [0.05, 0.1) is 0 Å². The highest BCUT2D eigenvalue weighted by Crippen LogP contribution is 2.34. The fourth-order valence-electron chi connectivity index (χ4n) is 3.35. The van der Waals surface area contributed by atoms with Crippen molar-refractivity contribution in [1.29, 1.82) is 0 Å². The molecule has 146 valence electrons. The van der Waals surface area contributed by atoms with E-state index in [9.17, 15) is 0 Å². The summed E-state index contributed by atoms with van der Waals surface area (Å²) in [6.07, 6.45) is 8.39. The van der Waals surface area contributed by atoms with Crippen LogP contribution in [0, 0.1) is 6.92 Å². The van der Waals surface area contributed by atoms with Crippen molar-refractivity contribution < 1.29 is 0 Å². The van der Waals surface area contributed by atoms with E-state index in [0.29, 0.717) is 0 Å². The fourth-order valence-corrected chi connectivity index (χ4v) is 3.35. The van der Waals surface area contributed by atoms with Gasteiger partial charge >= 0.3 is 0 Å². The number of aryl methyl sites for hydroxylation is 1. The minimum Gasteiger partial charge on any atom is -0.311 e. The molecule has 0 radical (unpaired) electrons. The van der Waals surface area contributed by atoms with E-state index in [0.717, 1.165) is 17.1 Å². The van der Waals surface area contributed by atoms with Crippen LogP contribution in [0.3, 0.4) is 0 Å². The van der Waals surface area contributed by atoms with Crippen LogP contribution in [0.4, 0.5) is 17.1 Å². The Hall–Kier alpha value is -3.84. The van der Waals surface area contributed by atoms with Gasteiger partial charge in [0.25, 0.3) is 0 Å². The van der Waals surface area contributed by atoms with Gasteiger partial charge in [-0.2, -0.15) is 0 Å². The number of hydrogen-bond donors (Lipinski definition) is 0. The van der Waals surface area contributed by atoms with Crippen LogP contribution in [0.15, 0.2) is 121 Å². The number of benzene rings is 4. The van der Waals surface area contributed by atoms with Crippen LogP contribution in [0.1, 0.15) is 16.7 Å². The summed E-state index contributed by atoms with van der Waals surface area (Å²) >= 11 is 0. The molecule has 0 heterocycles. The van der Waals surface area contributed by atoms with Crippen LogP contribution < -0.4 is 4.90 Å². The molecule has 0 fully saturated rings. The van der Waals surface area contributed by atoms with Gasteiger partial charge in [0.15, 0.2) is 0 Å². The van der Waals surface area contributed by atoms with Gasteiger partial charge in [0.1, 0.15) is 0 Å². The Morgan fingerprint density at radius 2 is 0.900 bits per heavy atom. The lowest BCUT2D eigenvalue weighted by molar-refractivity contribution is 1.27. The van der Waals surface area contributed by atoms with Gasteiger partial charge in [-0.25, -0.2) is 0 Å². The van der Waals surface area contributed by atoms with Crippen LogP contribution in [-0.2, 0) is 0 Å². The maximum atomic E-state index is 2.28. The number of para-hydroxylation sites is 1. The Balaban J connectivity index is 1.56. The standard InChI is InChI=1S/C29H25N/c1-24-16-20-28(21-17-24)30(27-14-6-3-7-15-27)29-22-18-26(19-23-29)13-9-8-12-25-10-4-2-5-11-25/h2-23H,1H3/b12-8+,13-9+.